The van der Waals surface area contributed by atoms with E-state index >= 15 is 0 Å². The summed E-state index contributed by atoms with van der Waals surface area (Å²) in [5.74, 6) is 1.48. The molecule has 0 atom stereocenters. The molecule has 0 saturated heterocycles. The zero-order chi connectivity index (χ0) is 19.3. The van der Waals surface area contributed by atoms with Crippen molar-refractivity contribution in [3.63, 3.8) is 0 Å². The van der Waals surface area contributed by atoms with Crippen LogP contribution in [0.25, 0.3) is 11.5 Å². The SMILES string of the molecule is CCOc1ccc(-c2nc(CNCc3ccc(C(C)(C)C)cc3)co2)cc1. The van der Waals surface area contributed by atoms with Gasteiger partial charge in [0.05, 0.1) is 12.3 Å². The summed E-state index contributed by atoms with van der Waals surface area (Å²) >= 11 is 0. The minimum Gasteiger partial charge on any atom is -0.494 e. The molecule has 0 aliphatic carbocycles. The molecule has 0 unspecified atom stereocenters. The van der Waals surface area contributed by atoms with Crippen LogP contribution in [0.1, 0.15) is 44.5 Å². The molecule has 0 bridgehead atoms. The van der Waals surface area contributed by atoms with E-state index in [1.54, 1.807) is 6.26 Å². The molecule has 0 amide bonds. The van der Waals surface area contributed by atoms with Gasteiger partial charge in [0.1, 0.15) is 12.0 Å². The lowest BCUT2D eigenvalue weighted by atomic mass is 9.87. The van der Waals surface area contributed by atoms with E-state index in [9.17, 15) is 0 Å². The lowest BCUT2D eigenvalue weighted by Gasteiger charge is -2.19. The van der Waals surface area contributed by atoms with Crippen LogP contribution in [0.3, 0.4) is 0 Å². The van der Waals surface area contributed by atoms with E-state index in [2.05, 4.69) is 55.3 Å². The van der Waals surface area contributed by atoms with Gasteiger partial charge < -0.3 is 14.5 Å². The second kappa shape index (κ2) is 8.40. The maximum absolute atomic E-state index is 5.61. The molecule has 0 radical (unpaired) electrons. The number of rotatable bonds is 7. The molecule has 1 aromatic heterocycles. The Hall–Kier alpha value is -2.59. The standard InChI is InChI=1S/C23H28N2O2/c1-5-26-21-12-8-18(9-13-21)22-25-20(16-27-22)15-24-14-17-6-10-19(11-7-17)23(2,3)4/h6-13,16,24H,5,14-15H2,1-4H3. The second-order valence-corrected chi connectivity index (χ2v) is 7.65. The Balaban J connectivity index is 1.53. The van der Waals surface area contributed by atoms with Gasteiger partial charge in [-0.2, -0.15) is 0 Å². The van der Waals surface area contributed by atoms with Crippen LogP contribution in [0.4, 0.5) is 0 Å². The zero-order valence-electron chi connectivity index (χ0n) is 16.6. The van der Waals surface area contributed by atoms with Gasteiger partial charge in [-0.25, -0.2) is 4.98 Å². The Bertz CT molecular complexity index is 843. The van der Waals surface area contributed by atoms with Gasteiger partial charge in [-0.05, 0) is 47.7 Å². The first-order valence-electron chi connectivity index (χ1n) is 9.43. The van der Waals surface area contributed by atoms with Gasteiger partial charge in [-0.3, -0.25) is 0 Å². The molecule has 0 saturated carbocycles. The molecular formula is C23H28N2O2. The molecular weight excluding hydrogens is 336 g/mol. The number of ether oxygens (including phenoxy) is 1. The Labute approximate surface area is 161 Å². The Morgan fingerprint density at radius 2 is 1.67 bits per heavy atom. The molecule has 0 aliphatic rings. The molecule has 4 heteroatoms. The topological polar surface area (TPSA) is 47.3 Å². The monoisotopic (exact) mass is 364 g/mol. The van der Waals surface area contributed by atoms with E-state index in [0.717, 1.165) is 23.6 Å². The van der Waals surface area contributed by atoms with Crippen LogP contribution >= 0.6 is 0 Å². The van der Waals surface area contributed by atoms with Crippen LogP contribution in [-0.4, -0.2) is 11.6 Å². The largest absolute Gasteiger partial charge is 0.494 e. The smallest absolute Gasteiger partial charge is 0.226 e. The van der Waals surface area contributed by atoms with Crippen molar-refractivity contribution < 1.29 is 9.15 Å². The minimum absolute atomic E-state index is 0.184. The quantitative estimate of drug-likeness (QED) is 0.616. The molecule has 0 fully saturated rings. The molecule has 2 aromatic carbocycles. The van der Waals surface area contributed by atoms with E-state index < -0.39 is 0 Å². The van der Waals surface area contributed by atoms with Crippen LogP contribution in [0.2, 0.25) is 0 Å². The second-order valence-electron chi connectivity index (χ2n) is 7.65. The molecule has 1 N–H and O–H groups in total. The van der Waals surface area contributed by atoms with Gasteiger partial charge in [-0.15, -0.1) is 0 Å². The van der Waals surface area contributed by atoms with Gasteiger partial charge in [-0.1, -0.05) is 45.0 Å². The van der Waals surface area contributed by atoms with Crippen LogP contribution in [0, 0.1) is 0 Å². The van der Waals surface area contributed by atoms with Crippen molar-refractivity contribution in [2.75, 3.05) is 6.61 Å². The summed E-state index contributed by atoms with van der Waals surface area (Å²) in [7, 11) is 0. The summed E-state index contributed by atoms with van der Waals surface area (Å²) in [5, 5.41) is 3.42. The predicted octanol–water partition coefficient (Wildman–Crippen LogP) is 5.33. The highest BCUT2D eigenvalue weighted by Crippen LogP contribution is 2.23. The van der Waals surface area contributed by atoms with Crippen molar-refractivity contribution >= 4 is 0 Å². The molecule has 0 spiro atoms. The van der Waals surface area contributed by atoms with E-state index in [4.69, 9.17) is 9.15 Å². The molecule has 27 heavy (non-hydrogen) atoms. The summed E-state index contributed by atoms with van der Waals surface area (Å²) in [6.45, 7) is 10.8. The summed E-state index contributed by atoms with van der Waals surface area (Å²) < 4.78 is 11.1. The van der Waals surface area contributed by atoms with E-state index in [-0.39, 0.29) is 5.41 Å². The van der Waals surface area contributed by atoms with Gasteiger partial charge in [0.25, 0.3) is 0 Å². The van der Waals surface area contributed by atoms with Gasteiger partial charge >= 0.3 is 0 Å². The first-order valence-corrected chi connectivity index (χ1v) is 9.43. The van der Waals surface area contributed by atoms with Gasteiger partial charge in [0.15, 0.2) is 0 Å². The normalized spacial score (nSPS) is 11.6. The highest BCUT2D eigenvalue weighted by molar-refractivity contribution is 5.54. The molecule has 3 aromatic rings. The number of benzene rings is 2. The number of hydrogen-bond donors (Lipinski definition) is 1. The number of hydrogen-bond acceptors (Lipinski definition) is 4. The lowest BCUT2D eigenvalue weighted by molar-refractivity contribution is 0.340. The maximum atomic E-state index is 5.61. The van der Waals surface area contributed by atoms with Crippen molar-refractivity contribution in [1.82, 2.24) is 10.3 Å². The van der Waals surface area contributed by atoms with Crippen LogP contribution in [0.15, 0.2) is 59.2 Å². The predicted molar refractivity (Wildman–Crippen MR) is 109 cm³/mol. The van der Waals surface area contributed by atoms with Crippen molar-refractivity contribution in [3.05, 3.63) is 71.6 Å². The minimum atomic E-state index is 0.184. The van der Waals surface area contributed by atoms with Gasteiger partial charge in [0, 0.05) is 18.7 Å². The third-order valence-electron chi connectivity index (χ3n) is 4.42. The van der Waals surface area contributed by atoms with Crippen LogP contribution < -0.4 is 10.1 Å². The highest BCUT2D eigenvalue weighted by Gasteiger charge is 2.12. The number of nitrogens with zero attached hydrogens (tertiary/aromatic N) is 1. The molecule has 1 heterocycles. The Morgan fingerprint density at radius 3 is 2.30 bits per heavy atom. The summed E-state index contributed by atoms with van der Waals surface area (Å²) in [6.07, 6.45) is 1.71. The number of nitrogens with one attached hydrogen (secondary N) is 1. The van der Waals surface area contributed by atoms with Crippen molar-refractivity contribution in [2.24, 2.45) is 0 Å². The van der Waals surface area contributed by atoms with Crippen molar-refractivity contribution in [3.8, 4) is 17.2 Å². The average molecular weight is 364 g/mol. The Kier molecular flexibility index (Phi) is 5.97. The number of oxazole rings is 1. The summed E-state index contributed by atoms with van der Waals surface area (Å²) in [4.78, 5) is 4.56. The molecule has 3 rings (SSSR count). The van der Waals surface area contributed by atoms with Crippen molar-refractivity contribution in [1.29, 1.82) is 0 Å². The maximum Gasteiger partial charge on any atom is 0.226 e. The van der Waals surface area contributed by atoms with E-state index in [1.807, 2.05) is 31.2 Å². The third-order valence-corrected chi connectivity index (χ3v) is 4.42. The lowest BCUT2D eigenvalue weighted by Crippen LogP contribution is -2.14. The first-order chi connectivity index (χ1) is 13.0. The number of aromatic nitrogens is 1. The fourth-order valence-electron chi connectivity index (χ4n) is 2.84. The highest BCUT2D eigenvalue weighted by atomic mass is 16.5. The van der Waals surface area contributed by atoms with Gasteiger partial charge in [0.2, 0.25) is 5.89 Å². The molecule has 142 valence electrons. The van der Waals surface area contributed by atoms with Crippen molar-refractivity contribution in [2.45, 2.75) is 46.2 Å². The fourth-order valence-corrected chi connectivity index (χ4v) is 2.84. The molecule has 0 aliphatic heterocycles. The van der Waals surface area contributed by atoms with E-state index in [0.29, 0.717) is 19.0 Å². The first kappa shape index (κ1) is 19.2. The fraction of sp³-hybridized carbons (Fsp3) is 0.348. The average Bonchev–Trinajstić information content (AvgIpc) is 3.11. The van der Waals surface area contributed by atoms with Crippen LogP contribution in [0.5, 0.6) is 5.75 Å². The summed E-state index contributed by atoms with van der Waals surface area (Å²) in [6, 6.07) is 16.6. The molecule has 4 nitrogen and oxygen atoms in total. The third kappa shape index (κ3) is 5.20. The Morgan fingerprint density at radius 1 is 0.963 bits per heavy atom. The van der Waals surface area contributed by atoms with Crippen LogP contribution in [-0.2, 0) is 18.5 Å². The van der Waals surface area contributed by atoms with E-state index in [1.165, 1.54) is 11.1 Å². The zero-order valence-corrected chi connectivity index (χ0v) is 16.6. The summed E-state index contributed by atoms with van der Waals surface area (Å²) in [5.41, 5.74) is 4.64.